The third-order valence-electron chi connectivity index (χ3n) is 3.32. The first-order chi connectivity index (χ1) is 9.70. The number of hydrogen-bond acceptors (Lipinski definition) is 4. The minimum atomic E-state index is -0.537. The number of hydrogen-bond donors (Lipinski definition) is 2. The fraction of sp³-hybridized carbons (Fsp3) is 0.312. The molecule has 1 aromatic carbocycles. The molecule has 0 saturated heterocycles. The second-order valence-corrected chi connectivity index (χ2v) is 4.70. The monoisotopic (exact) mass is 272 g/mol. The van der Waals surface area contributed by atoms with Crippen molar-refractivity contribution in [3.05, 3.63) is 59.9 Å². The van der Waals surface area contributed by atoms with Gasteiger partial charge in [0.2, 0.25) is 0 Å². The van der Waals surface area contributed by atoms with Crippen molar-refractivity contribution in [3.63, 3.8) is 0 Å². The van der Waals surface area contributed by atoms with Gasteiger partial charge in [0, 0.05) is 25.0 Å². The Labute approximate surface area is 119 Å². The van der Waals surface area contributed by atoms with Crippen LogP contribution in [0, 0.1) is 0 Å². The third kappa shape index (κ3) is 3.79. The van der Waals surface area contributed by atoms with E-state index in [2.05, 4.69) is 17.2 Å². The molecule has 2 aromatic rings. The number of benzene rings is 1. The van der Waals surface area contributed by atoms with Crippen molar-refractivity contribution in [2.24, 2.45) is 0 Å². The van der Waals surface area contributed by atoms with Crippen LogP contribution in [0.25, 0.3) is 0 Å². The van der Waals surface area contributed by atoms with Crippen LogP contribution in [0.1, 0.15) is 30.2 Å². The second kappa shape index (κ2) is 7.03. The molecule has 0 aliphatic rings. The molecule has 1 aromatic heterocycles. The summed E-state index contributed by atoms with van der Waals surface area (Å²) < 4.78 is 5.10. The van der Waals surface area contributed by atoms with Gasteiger partial charge >= 0.3 is 0 Å². The minimum absolute atomic E-state index is 0.172. The van der Waals surface area contributed by atoms with Crippen molar-refractivity contribution in [2.45, 2.75) is 19.1 Å². The van der Waals surface area contributed by atoms with Crippen LogP contribution in [-0.4, -0.2) is 23.7 Å². The molecule has 0 amide bonds. The lowest BCUT2D eigenvalue weighted by Crippen LogP contribution is -2.24. The number of pyridine rings is 1. The zero-order chi connectivity index (χ0) is 14.4. The maximum absolute atomic E-state index is 10.2. The smallest absolute Gasteiger partial charge is 0.118 e. The average Bonchev–Trinajstić information content (AvgIpc) is 2.53. The van der Waals surface area contributed by atoms with Crippen molar-refractivity contribution >= 4 is 0 Å². The van der Waals surface area contributed by atoms with E-state index in [0.29, 0.717) is 6.54 Å². The summed E-state index contributed by atoms with van der Waals surface area (Å²) in [4.78, 5) is 4.00. The van der Waals surface area contributed by atoms with Crippen LogP contribution in [0.15, 0.2) is 48.8 Å². The van der Waals surface area contributed by atoms with Gasteiger partial charge in [0.15, 0.2) is 0 Å². The molecule has 2 atom stereocenters. The second-order valence-electron chi connectivity index (χ2n) is 4.70. The van der Waals surface area contributed by atoms with Crippen molar-refractivity contribution in [1.29, 1.82) is 0 Å². The maximum Gasteiger partial charge on any atom is 0.118 e. The highest BCUT2D eigenvalue weighted by Gasteiger charge is 2.10. The first-order valence-corrected chi connectivity index (χ1v) is 6.66. The van der Waals surface area contributed by atoms with Crippen LogP contribution in [-0.2, 0) is 0 Å². The van der Waals surface area contributed by atoms with Gasteiger partial charge in [-0.3, -0.25) is 4.98 Å². The molecule has 2 rings (SSSR count). The first kappa shape index (κ1) is 14.5. The number of nitrogens with zero attached hydrogens (tertiary/aromatic N) is 1. The molecular weight excluding hydrogens is 252 g/mol. The van der Waals surface area contributed by atoms with Gasteiger partial charge < -0.3 is 15.2 Å². The summed E-state index contributed by atoms with van der Waals surface area (Å²) >= 11 is 0. The molecule has 0 spiro atoms. The van der Waals surface area contributed by atoms with Crippen molar-refractivity contribution in [1.82, 2.24) is 10.3 Å². The quantitative estimate of drug-likeness (QED) is 0.848. The van der Waals surface area contributed by atoms with Gasteiger partial charge in [0.25, 0.3) is 0 Å². The molecule has 0 radical (unpaired) electrons. The Morgan fingerprint density at radius 3 is 2.35 bits per heavy atom. The Kier molecular flexibility index (Phi) is 5.09. The molecule has 0 aliphatic carbocycles. The summed E-state index contributed by atoms with van der Waals surface area (Å²) in [5.74, 6) is 0.791. The predicted octanol–water partition coefficient (Wildman–Crippen LogP) is 2.47. The molecule has 106 valence electrons. The Morgan fingerprint density at radius 1 is 1.10 bits per heavy atom. The number of aliphatic hydroxyl groups excluding tert-OH is 1. The number of ether oxygens (including phenoxy) is 1. The fourth-order valence-electron chi connectivity index (χ4n) is 2.00. The van der Waals surface area contributed by atoms with Crippen LogP contribution < -0.4 is 10.1 Å². The molecule has 2 unspecified atom stereocenters. The van der Waals surface area contributed by atoms with E-state index in [9.17, 15) is 5.11 Å². The number of rotatable bonds is 6. The Morgan fingerprint density at radius 2 is 1.75 bits per heavy atom. The van der Waals surface area contributed by atoms with E-state index >= 15 is 0 Å². The van der Waals surface area contributed by atoms with E-state index in [4.69, 9.17) is 4.74 Å². The summed E-state index contributed by atoms with van der Waals surface area (Å²) in [6, 6.07) is 11.6. The Hall–Kier alpha value is -1.91. The molecule has 20 heavy (non-hydrogen) atoms. The Balaban J connectivity index is 1.89. The molecule has 0 saturated carbocycles. The van der Waals surface area contributed by atoms with E-state index in [1.54, 1.807) is 19.5 Å². The largest absolute Gasteiger partial charge is 0.497 e. The summed E-state index contributed by atoms with van der Waals surface area (Å²) in [5, 5.41) is 13.5. The lowest BCUT2D eigenvalue weighted by Gasteiger charge is -2.17. The molecule has 4 heteroatoms. The van der Waals surface area contributed by atoms with Gasteiger partial charge in [-0.25, -0.2) is 0 Å². The van der Waals surface area contributed by atoms with Gasteiger partial charge in [-0.2, -0.15) is 0 Å². The van der Waals surface area contributed by atoms with E-state index in [0.717, 1.165) is 16.9 Å². The van der Waals surface area contributed by atoms with Crippen LogP contribution in [0.4, 0.5) is 0 Å². The number of aromatic nitrogens is 1. The first-order valence-electron chi connectivity index (χ1n) is 6.66. The summed E-state index contributed by atoms with van der Waals surface area (Å²) in [5.41, 5.74) is 2.03. The average molecular weight is 272 g/mol. The van der Waals surface area contributed by atoms with E-state index in [-0.39, 0.29) is 6.04 Å². The SMILES string of the molecule is COc1ccc(C(O)CNC(C)c2ccncc2)cc1. The van der Waals surface area contributed by atoms with Crippen LogP contribution >= 0.6 is 0 Å². The van der Waals surface area contributed by atoms with Gasteiger partial charge in [0.1, 0.15) is 5.75 Å². The molecule has 1 heterocycles. The summed E-state index contributed by atoms with van der Waals surface area (Å²) in [6.07, 6.45) is 3.01. The third-order valence-corrected chi connectivity index (χ3v) is 3.32. The van der Waals surface area contributed by atoms with Crippen LogP contribution in [0.5, 0.6) is 5.75 Å². The van der Waals surface area contributed by atoms with E-state index < -0.39 is 6.10 Å². The molecule has 4 nitrogen and oxygen atoms in total. The number of nitrogens with one attached hydrogen (secondary N) is 1. The fourth-order valence-corrected chi connectivity index (χ4v) is 2.00. The summed E-state index contributed by atoms with van der Waals surface area (Å²) in [7, 11) is 1.63. The van der Waals surface area contributed by atoms with E-state index in [1.807, 2.05) is 36.4 Å². The van der Waals surface area contributed by atoms with Crippen molar-refractivity contribution < 1.29 is 9.84 Å². The van der Waals surface area contributed by atoms with Crippen LogP contribution in [0.2, 0.25) is 0 Å². The molecule has 0 fully saturated rings. The molecule has 0 aliphatic heterocycles. The van der Waals surface area contributed by atoms with Gasteiger partial charge in [-0.1, -0.05) is 12.1 Å². The highest BCUT2D eigenvalue weighted by atomic mass is 16.5. The van der Waals surface area contributed by atoms with Gasteiger partial charge in [-0.15, -0.1) is 0 Å². The van der Waals surface area contributed by atoms with Crippen molar-refractivity contribution in [2.75, 3.05) is 13.7 Å². The van der Waals surface area contributed by atoms with Gasteiger partial charge in [0.05, 0.1) is 13.2 Å². The highest BCUT2D eigenvalue weighted by molar-refractivity contribution is 5.28. The highest BCUT2D eigenvalue weighted by Crippen LogP contribution is 2.18. The zero-order valence-corrected chi connectivity index (χ0v) is 11.8. The topological polar surface area (TPSA) is 54.4 Å². The lowest BCUT2D eigenvalue weighted by atomic mass is 10.1. The van der Waals surface area contributed by atoms with Crippen molar-refractivity contribution in [3.8, 4) is 5.75 Å². The Bertz CT molecular complexity index is 514. The zero-order valence-electron chi connectivity index (χ0n) is 11.8. The summed E-state index contributed by atoms with van der Waals surface area (Å²) in [6.45, 7) is 2.56. The van der Waals surface area contributed by atoms with E-state index in [1.165, 1.54) is 0 Å². The van der Waals surface area contributed by atoms with Crippen LogP contribution in [0.3, 0.4) is 0 Å². The molecular formula is C16H20N2O2. The number of aliphatic hydroxyl groups is 1. The number of methoxy groups -OCH3 is 1. The van der Waals surface area contributed by atoms with Gasteiger partial charge in [-0.05, 0) is 42.3 Å². The lowest BCUT2D eigenvalue weighted by molar-refractivity contribution is 0.170. The molecule has 2 N–H and O–H groups in total. The minimum Gasteiger partial charge on any atom is -0.497 e. The maximum atomic E-state index is 10.2. The normalized spacial score (nSPS) is 13.8. The standard InChI is InChI=1S/C16H20N2O2/c1-12(13-7-9-17-10-8-13)18-11-16(19)14-3-5-15(20-2)6-4-14/h3-10,12,16,18-19H,11H2,1-2H3. The predicted molar refractivity (Wildman–Crippen MR) is 78.6 cm³/mol. The molecule has 0 bridgehead atoms.